The molecule has 1 atom stereocenters. The maximum Gasteiger partial charge on any atom is 0.416 e. The van der Waals surface area contributed by atoms with Gasteiger partial charge in [-0.25, -0.2) is 23.4 Å². The van der Waals surface area contributed by atoms with E-state index in [0.29, 0.717) is 38.5 Å². The van der Waals surface area contributed by atoms with E-state index in [0.717, 1.165) is 56.2 Å². The lowest BCUT2D eigenvalue weighted by Crippen LogP contribution is -2.41. The first kappa shape index (κ1) is 32.0. The molecule has 2 aliphatic rings. The van der Waals surface area contributed by atoms with Crippen molar-refractivity contribution >= 4 is 18.0 Å². The Morgan fingerprint density at radius 1 is 1.00 bits per heavy atom. The molecule has 8 nitrogen and oxygen atoms in total. The van der Waals surface area contributed by atoms with Gasteiger partial charge in [-0.05, 0) is 98.2 Å². The van der Waals surface area contributed by atoms with E-state index in [4.69, 9.17) is 14.5 Å². The average molecular weight is 567 g/mol. The molecule has 0 aromatic carbocycles. The van der Waals surface area contributed by atoms with Crippen molar-refractivity contribution in [3.8, 4) is 0 Å². The van der Waals surface area contributed by atoms with Crippen molar-refractivity contribution in [2.45, 2.75) is 117 Å². The van der Waals surface area contributed by atoms with Gasteiger partial charge in [0.05, 0.1) is 0 Å². The summed E-state index contributed by atoms with van der Waals surface area (Å²) in [5.41, 5.74) is 0.869. The quantitative estimate of drug-likeness (QED) is 0.303. The normalized spacial score (nSPS) is 17.9. The first-order valence-corrected chi connectivity index (χ1v) is 14.7. The summed E-state index contributed by atoms with van der Waals surface area (Å²) in [6.07, 6.45) is 2.81. The van der Waals surface area contributed by atoms with Crippen LogP contribution in [0.3, 0.4) is 0 Å². The lowest BCUT2D eigenvalue weighted by atomic mass is 10.0. The van der Waals surface area contributed by atoms with Crippen molar-refractivity contribution in [2.24, 2.45) is 0 Å². The molecule has 3 heterocycles. The minimum atomic E-state index is -2.35. The van der Waals surface area contributed by atoms with Gasteiger partial charge in [0.2, 0.25) is 6.43 Å². The number of alkyl halides is 2. The fourth-order valence-electron chi connectivity index (χ4n) is 5.18. The van der Waals surface area contributed by atoms with Gasteiger partial charge in [-0.1, -0.05) is 12.5 Å². The SMILES string of the molecule is CC(C)(C)OC(=O)N1CC[C@H](N(CCCCCc2ccc3c(n2)N(C(=O)OC(C)(C)C)CCC3)CCC(F)F)C1. The summed E-state index contributed by atoms with van der Waals surface area (Å²) in [4.78, 5) is 35.5. The van der Waals surface area contributed by atoms with Gasteiger partial charge in [0.25, 0.3) is 0 Å². The number of aryl methyl sites for hydroxylation is 2. The predicted octanol–water partition coefficient (Wildman–Crippen LogP) is 6.45. The van der Waals surface area contributed by atoms with Crippen LogP contribution < -0.4 is 4.90 Å². The third kappa shape index (κ3) is 10.2. The molecule has 0 saturated carbocycles. The Morgan fingerprint density at radius 3 is 2.38 bits per heavy atom. The molecule has 10 heteroatoms. The molecule has 1 saturated heterocycles. The average Bonchev–Trinajstić information content (AvgIpc) is 3.33. The van der Waals surface area contributed by atoms with Gasteiger partial charge in [-0.15, -0.1) is 0 Å². The number of pyridine rings is 1. The Bertz CT molecular complexity index is 993. The lowest BCUT2D eigenvalue weighted by molar-refractivity contribution is 0.0274. The number of amides is 2. The van der Waals surface area contributed by atoms with Crippen LogP contribution in [0, 0.1) is 0 Å². The lowest BCUT2D eigenvalue weighted by Gasteiger charge is -2.31. The van der Waals surface area contributed by atoms with Crippen molar-refractivity contribution in [1.29, 1.82) is 0 Å². The third-order valence-electron chi connectivity index (χ3n) is 7.06. The first-order valence-electron chi connectivity index (χ1n) is 14.7. The summed E-state index contributed by atoms with van der Waals surface area (Å²) in [6, 6.07) is 4.17. The number of halogens is 2. The number of fused-ring (bicyclic) bond motifs is 1. The highest BCUT2D eigenvalue weighted by atomic mass is 19.3. The van der Waals surface area contributed by atoms with E-state index in [1.165, 1.54) is 0 Å². The van der Waals surface area contributed by atoms with Gasteiger partial charge in [0.1, 0.15) is 17.0 Å². The molecule has 40 heavy (non-hydrogen) atoms. The van der Waals surface area contributed by atoms with E-state index >= 15 is 0 Å². The highest BCUT2D eigenvalue weighted by Crippen LogP contribution is 2.28. The van der Waals surface area contributed by atoms with E-state index in [1.807, 2.05) is 47.6 Å². The second-order valence-electron chi connectivity index (χ2n) is 12.9. The van der Waals surface area contributed by atoms with Crippen molar-refractivity contribution in [3.05, 3.63) is 23.4 Å². The molecular formula is C30H48F2N4O4. The second-order valence-corrected chi connectivity index (χ2v) is 12.9. The largest absolute Gasteiger partial charge is 0.444 e. The molecule has 0 N–H and O–H groups in total. The first-order chi connectivity index (χ1) is 18.7. The predicted molar refractivity (Wildman–Crippen MR) is 152 cm³/mol. The zero-order valence-corrected chi connectivity index (χ0v) is 25.2. The monoisotopic (exact) mass is 566 g/mol. The Balaban J connectivity index is 1.51. The Morgan fingerprint density at radius 2 is 1.70 bits per heavy atom. The van der Waals surface area contributed by atoms with E-state index in [9.17, 15) is 18.4 Å². The molecule has 0 bridgehead atoms. The highest BCUT2D eigenvalue weighted by molar-refractivity contribution is 5.88. The summed E-state index contributed by atoms with van der Waals surface area (Å²) in [5.74, 6) is 0.701. The molecule has 0 aliphatic carbocycles. The Hall–Kier alpha value is -2.49. The van der Waals surface area contributed by atoms with Crippen LogP contribution in [0.1, 0.15) is 91.3 Å². The van der Waals surface area contributed by atoms with Gasteiger partial charge in [-0.3, -0.25) is 9.80 Å². The second kappa shape index (κ2) is 13.9. The van der Waals surface area contributed by atoms with E-state index < -0.39 is 17.6 Å². The fourth-order valence-corrected chi connectivity index (χ4v) is 5.18. The van der Waals surface area contributed by atoms with Gasteiger partial charge in [0.15, 0.2) is 0 Å². The smallest absolute Gasteiger partial charge is 0.416 e. The fraction of sp³-hybridized carbons (Fsp3) is 0.767. The van der Waals surface area contributed by atoms with Crippen molar-refractivity contribution in [3.63, 3.8) is 0 Å². The maximum absolute atomic E-state index is 13.0. The number of likely N-dealkylation sites (tertiary alicyclic amines) is 1. The number of ether oxygens (including phenoxy) is 2. The summed E-state index contributed by atoms with van der Waals surface area (Å²) in [7, 11) is 0. The third-order valence-corrected chi connectivity index (χ3v) is 7.06. The number of aromatic nitrogens is 1. The van der Waals surface area contributed by atoms with Crippen LogP contribution in [0.25, 0.3) is 0 Å². The van der Waals surface area contributed by atoms with Crippen LogP contribution in [0.15, 0.2) is 12.1 Å². The van der Waals surface area contributed by atoms with Crippen molar-refractivity contribution in [1.82, 2.24) is 14.8 Å². The maximum atomic E-state index is 13.0. The minimum Gasteiger partial charge on any atom is -0.444 e. The van der Waals surface area contributed by atoms with Crippen molar-refractivity contribution in [2.75, 3.05) is 37.6 Å². The highest BCUT2D eigenvalue weighted by Gasteiger charge is 2.33. The number of anilines is 1. The Labute approximate surface area is 238 Å². The van der Waals surface area contributed by atoms with Gasteiger partial charge in [0, 0.05) is 44.3 Å². The summed E-state index contributed by atoms with van der Waals surface area (Å²) < 4.78 is 37.1. The molecule has 226 valence electrons. The molecule has 2 amide bonds. The molecule has 1 aromatic heterocycles. The number of rotatable bonds is 10. The molecular weight excluding hydrogens is 518 g/mol. The number of carbonyl (C=O) groups is 2. The van der Waals surface area contributed by atoms with Crippen LogP contribution in [-0.2, 0) is 22.3 Å². The number of unbranched alkanes of at least 4 members (excludes halogenated alkanes) is 2. The number of nitrogens with zero attached hydrogens (tertiary/aromatic N) is 4. The summed E-state index contributed by atoms with van der Waals surface area (Å²) >= 11 is 0. The van der Waals surface area contributed by atoms with Crippen LogP contribution in [0.4, 0.5) is 24.2 Å². The van der Waals surface area contributed by atoms with Gasteiger partial charge >= 0.3 is 12.2 Å². The molecule has 0 unspecified atom stereocenters. The van der Waals surface area contributed by atoms with E-state index in [-0.39, 0.29) is 24.6 Å². The van der Waals surface area contributed by atoms with Crippen molar-refractivity contribution < 1.29 is 27.8 Å². The molecule has 2 aliphatic heterocycles. The van der Waals surface area contributed by atoms with Crippen LogP contribution in [-0.4, -0.2) is 83.4 Å². The topological polar surface area (TPSA) is 75.2 Å². The van der Waals surface area contributed by atoms with Gasteiger partial charge in [-0.2, -0.15) is 0 Å². The van der Waals surface area contributed by atoms with Crippen LogP contribution in [0.2, 0.25) is 0 Å². The number of hydrogen-bond acceptors (Lipinski definition) is 6. The number of carbonyl (C=O) groups excluding carboxylic acids is 2. The van der Waals surface area contributed by atoms with E-state index in [1.54, 1.807) is 9.80 Å². The summed E-state index contributed by atoms with van der Waals surface area (Å²) in [6.45, 7) is 13.8. The van der Waals surface area contributed by atoms with Crippen LogP contribution in [0.5, 0.6) is 0 Å². The zero-order valence-electron chi connectivity index (χ0n) is 25.2. The zero-order chi connectivity index (χ0) is 29.5. The molecule has 3 rings (SSSR count). The summed E-state index contributed by atoms with van der Waals surface area (Å²) in [5, 5.41) is 0. The van der Waals surface area contributed by atoms with Crippen LogP contribution >= 0.6 is 0 Å². The van der Waals surface area contributed by atoms with Gasteiger partial charge < -0.3 is 14.4 Å². The van der Waals surface area contributed by atoms with E-state index in [2.05, 4.69) is 11.0 Å². The molecule has 0 spiro atoms. The minimum absolute atomic E-state index is 0.0624. The molecule has 1 aromatic rings. The number of hydrogen-bond donors (Lipinski definition) is 0. The standard InChI is InChI=1S/C30H48F2N4O4/c1-29(2,3)39-27(37)35-19-15-24(21-35)34(20-16-25(31)32)17-9-7-8-12-23-14-13-22-11-10-18-36(26(22)33-23)28(38)40-30(4,5)6/h13-14,24-25H,7-12,15-21H2,1-6H3/t24-/m0/s1. The molecule has 1 fully saturated rings. The Kier molecular flexibility index (Phi) is 11.1. The molecule has 0 radical (unpaired) electrons.